The van der Waals surface area contributed by atoms with Crippen LogP contribution >= 0.6 is 23.2 Å². The number of rotatable bonds is 2. The maximum Gasteiger partial charge on any atom is 0.410 e. The van der Waals surface area contributed by atoms with Gasteiger partial charge in [0.2, 0.25) is 0 Å². The zero-order valence-electron chi connectivity index (χ0n) is 11.3. The summed E-state index contributed by atoms with van der Waals surface area (Å²) in [6.07, 6.45) is 1.77. The molecule has 1 aromatic carbocycles. The highest BCUT2D eigenvalue weighted by molar-refractivity contribution is 6.38. The molecule has 7 nitrogen and oxygen atoms in total. The standard InChI is InChI=1S/C14H7Cl2N5O2/c15-9-3-7(5-17)4-10(16)12(9)21-6-8-11(20-21)1-2-18-13(8)19-14(22)23/h1-4,6H,(H,18,19)(H,22,23). The number of aromatic nitrogens is 3. The number of amides is 1. The molecule has 0 radical (unpaired) electrons. The number of nitrogens with one attached hydrogen (secondary N) is 1. The summed E-state index contributed by atoms with van der Waals surface area (Å²) in [6, 6.07) is 6.54. The second-order valence-corrected chi connectivity index (χ2v) is 5.31. The molecular formula is C14H7Cl2N5O2. The van der Waals surface area contributed by atoms with Gasteiger partial charge in [-0.15, -0.1) is 0 Å². The van der Waals surface area contributed by atoms with E-state index in [-0.39, 0.29) is 15.9 Å². The number of carbonyl (C=O) groups is 1. The first kappa shape index (κ1) is 15.1. The zero-order valence-corrected chi connectivity index (χ0v) is 12.8. The third-order valence-corrected chi connectivity index (χ3v) is 3.61. The van der Waals surface area contributed by atoms with Crippen molar-refractivity contribution in [2.75, 3.05) is 5.32 Å². The van der Waals surface area contributed by atoms with Gasteiger partial charge in [-0.3, -0.25) is 5.32 Å². The van der Waals surface area contributed by atoms with Gasteiger partial charge in [-0.05, 0) is 18.2 Å². The Kier molecular flexibility index (Phi) is 3.78. The first-order chi connectivity index (χ1) is 11.0. The molecule has 114 valence electrons. The first-order valence-corrected chi connectivity index (χ1v) is 6.99. The summed E-state index contributed by atoms with van der Waals surface area (Å²) in [5.41, 5.74) is 1.24. The highest BCUT2D eigenvalue weighted by atomic mass is 35.5. The summed E-state index contributed by atoms with van der Waals surface area (Å²) < 4.78 is 1.42. The third-order valence-electron chi connectivity index (χ3n) is 3.03. The molecule has 3 aromatic rings. The Morgan fingerprint density at radius 3 is 2.65 bits per heavy atom. The number of halogens is 2. The Balaban J connectivity index is 2.19. The maximum absolute atomic E-state index is 10.8. The molecule has 0 spiro atoms. The molecule has 0 aliphatic heterocycles. The van der Waals surface area contributed by atoms with Gasteiger partial charge in [-0.1, -0.05) is 23.2 Å². The number of fused-ring (bicyclic) bond motifs is 1. The lowest BCUT2D eigenvalue weighted by Gasteiger charge is -2.07. The van der Waals surface area contributed by atoms with Crippen LogP contribution in [0.4, 0.5) is 10.6 Å². The van der Waals surface area contributed by atoms with E-state index in [0.717, 1.165) is 0 Å². The van der Waals surface area contributed by atoms with Crippen molar-refractivity contribution in [1.29, 1.82) is 5.26 Å². The fraction of sp³-hybridized carbons (Fsp3) is 0. The summed E-state index contributed by atoms with van der Waals surface area (Å²) in [7, 11) is 0. The fourth-order valence-electron chi connectivity index (χ4n) is 2.11. The Bertz CT molecular complexity index is 954. The fourth-order valence-corrected chi connectivity index (χ4v) is 2.77. The Labute approximate surface area is 139 Å². The molecule has 3 rings (SSSR count). The van der Waals surface area contributed by atoms with Crippen LogP contribution in [0.15, 0.2) is 30.6 Å². The van der Waals surface area contributed by atoms with E-state index in [4.69, 9.17) is 33.6 Å². The Morgan fingerprint density at radius 2 is 2.04 bits per heavy atom. The van der Waals surface area contributed by atoms with Crippen molar-refractivity contribution in [1.82, 2.24) is 14.8 Å². The van der Waals surface area contributed by atoms with E-state index in [2.05, 4.69) is 15.4 Å². The third kappa shape index (κ3) is 2.77. The number of anilines is 1. The Morgan fingerprint density at radius 1 is 1.35 bits per heavy atom. The molecule has 2 heterocycles. The SMILES string of the molecule is N#Cc1cc(Cl)c(-n2cc3c(NC(=O)O)nccc3n2)c(Cl)c1. The molecule has 0 bridgehead atoms. The summed E-state index contributed by atoms with van der Waals surface area (Å²) >= 11 is 12.4. The van der Waals surface area contributed by atoms with Crippen LogP contribution in [0.5, 0.6) is 0 Å². The zero-order chi connectivity index (χ0) is 16.6. The summed E-state index contributed by atoms with van der Waals surface area (Å²) in [4.78, 5) is 14.8. The van der Waals surface area contributed by atoms with Crippen LogP contribution in [-0.4, -0.2) is 26.0 Å². The van der Waals surface area contributed by atoms with Crippen LogP contribution in [0.25, 0.3) is 16.6 Å². The maximum atomic E-state index is 10.8. The largest absolute Gasteiger partial charge is 0.465 e. The summed E-state index contributed by atoms with van der Waals surface area (Å²) in [5, 5.41) is 25.3. The summed E-state index contributed by atoms with van der Waals surface area (Å²) in [5.74, 6) is 0.155. The Hall–Kier alpha value is -2.82. The number of benzene rings is 1. The van der Waals surface area contributed by atoms with Crippen LogP contribution < -0.4 is 5.32 Å². The van der Waals surface area contributed by atoms with Crippen molar-refractivity contribution >= 4 is 46.0 Å². The van der Waals surface area contributed by atoms with Crippen LogP contribution in [0.2, 0.25) is 10.0 Å². The molecule has 0 saturated carbocycles. The molecule has 0 saturated heterocycles. The second kappa shape index (κ2) is 5.76. The average molecular weight is 348 g/mol. The molecule has 9 heteroatoms. The number of carboxylic acid groups (broad SMARTS) is 1. The molecule has 0 fully saturated rings. The minimum atomic E-state index is -1.23. The van der Waals surface area contributed by atoms with Gasteiger partial charge in [-0.25, -0.2) is 14.5 Å². The van der Waals surface area contributed by atoms with E-state index in [9.17, 15) is 4.79 Å². The number of nitrogens with zero attached hydrogens (tertiary/aromatic N) is 4. The molecular weight excluding hydrogens is 341 g/mol. The second-order valence-electron chi connectivity index (χ2n) is 4.50. The molecule has 0 aliphatic rings. The smallest absolute Gasteiger partial charge is 0.410 e. The van der Waals surface area contributed by atoms with Gasteiger partial charge in [0.25, 0.3) is 0 Å². The number of nitriles is 1. The normalized spacial score (nSPS) is 10.5. The van der Waals surface area contributed by atoms with E-state index in [1.165, 1.54) is 23.0 Å². The quantitative estimate of drug-likeness (QED) is 0.735. The molecule has 1 amide bonds. The molecule has 0 unspecified atom stereocenters. The molecule has 2 N–H and O–H groups in total. The van der Waals surface area contributed by atoms with Crippen LogP contribution in [0.1, 0.15) is 5.56 Å². The van der Waals surface area contributed by atoms with E-state index in [0.29, 0.717) is 22.2 Å². The van der Waals surface area contributed by atoms with E-state index in [1.54, 1.807) is 12.3 Å². The highest BCUT2D eigenvalue weighted by Crippen LogP contribution is 2.31. The van der Waals surface area contributed by atoms with Crippen LogP contribution in [0, 0.1) is 11.3 Å². The molecule has 0 atom stereocenters. The van der Waals surface area contributed by atoms with Gasteiger partial charge in [-0.2, -0.15) is 10.4 Å². The molecule has 23 heavy (non-hydrogen) atoms. The van der Waals surface area contributed by atoms with Crippen molar-refractivity contribution in [2.24, 2.45) is 0 Å². The van der Waals surface area contributed by atoms with Gasteiger partial charge in [0.1, 0.15) is 11.5 Å². The van der Waals surface area contributed by atoms with Crippen molar-refractivity contribution in [3.05, 3.63) is 46.2 Å². The van der Waals surface area contributed by atoms with E-state index >= 15 is 0 Å². The van der Waals surface area contributed by atoms with Gasteiger partial charge < -0.3 is 5.11 Å². The topological polar surface area (TPSA) is 104 Å². The van der Waals surface area contributed by atoms with Gasteiger partial charge >= 0.3 is 6.09 Å². The van der Waals surface area contributed by atoms with Gasteiger partial charge in [0.05, 0.1) is 32.6 Å². The number of hydrogen-bond donors (Lipinski definition) is 2. The lowest BCUT2D eigenvalue weighted by molar-refractivity contribution is 0.209. The van der Waals surface area contributed by atoms with E-state index in [1.807, 2.05) is 6.07 Å². The van der Waals surface area contributed by atoms with Crippen molar-refractivity contribution in [3.8, 4) is 11.8 Å². The lowest BCUT2D eigenvalue weighted by atomic mass is 10.2. The predicted molar refractivity (Wildman–Crippen MR) is 85.2 cm³/mol. The highest BCUT2D eigenvalue weighted by Gasteiger charge is 2.15. The van der Waals surface area contributed by atoms with Crippen molar-refractivity contribution in [2.45, 2.75) is 0 Å². The monoisotopic (exact) mass is 347 g/mol. The molecule has 0 aliphatic carbocycles. The minimum absolute atomic E-state index is 0.155. The van der Waals surface area contributed by atoms with Crippen molar-refractivity contribution in [3.63, 3.8) is 0 Å². The van der Waals surface area contributed by atoms with Crippen molar-refractivity contribution < 1.29 is 9.90 Å². The minimum Gasteiger partial charge on any atom is -0.465 e. The van der Waals surface area contributed by atoms with E-state index < -0.39 is 6.09 Å². The van der Waals surface area contributed by atoms with Gasteiger partial charge in [0, 0.05) is 12.4 Å². The average Bonchev–Trinajstić information content (AvgIpc) is 2.90. The van der Waals surface area contributed by atoms with Crippen LogP contribution in [-0.2, 0) is 0 Å². The molecule has 2 aromatic heterocycles. The number of hydrogen-bond acceptors (Lipinski definition) is 4. The summed E-state index contributed by atoms with van der Waals surface area (Å²) in [6.45, 7) is 0. The van der Waals surface area contributed by atoms with Crippen LogP contribution in [0.3, 0.4) is 0 Å². The predicted octanol–water partition coefficient (Wildman–Crippen LogP) is 3.69. The van der Waals surface area contributed by atoms with Gasteiger partial charge in [0.15, 0.2) is 0 Å². The first-order valence-electron chi connectivity index (χ1n) is 6.23. The number of pyridine rings is 1. The lowest BCUT2D eigenvalue weighted by Crippen LogP contribution is -2.08.